The summed E-state index contributed by atoms with van der Waals surface area (Å²) in [5, 5.41) is 20.1. The zero-order chi connectivity index (χ0) is 18.5. The minimum absolute atomic E-state index is 0.0369. The number of hydrogen-bond donors (Lipinski definition) is 0. The molecule has 2 aromatic heterocycles. The van der Waals surface area contributed by atoms with Gasteiger partial charge in [0.2, 0.25) is 0 Å². The smallest absolute Gasteiger partial charge is 0.305 e. The van der Waals surface area contributed by atoms with Gasteiger partial charge in [-0.3, -0.25) is 10.1 Å². The van der Waals surface area contributed by atoms with Gasteiger partial charge in [-0.25, -0.2) is 8.42 Å². The summed E-state index contributed by atoms with van der Waals surface area (Å²) in [5.41, 5.74) is -0.130. The second-order valence-electron chi connectivity index (χ2n) is 6.87. The lowest BCUT2D eigenvalue weighted by atomic mass is 9.96. The molecular formula is C15H19N5O4S2. The topological polar surface area (TPSA) is 111 Å². The van der Waals surface area contributed by atoms with Crippen LogP contribution in [-0.4, -0.2) is 47.5 Å². The maximum atomic E-state index is 11.8. The molecule has 9 nitrogen and oxygen atoms in total. The average molecular weight is 397 g/mol. The van der Waals surface area contributed by atoms with Gasteiger partial charge < -0.3 is 9.47 Å². The number of nitrogens with zero attached hydrogens (tertiary/aromatic N) is 5. The number of aromatic nitrogens is 3. The molecule has 1 saturated heterocycles. The van der Waals surface area contributed by atoms with Crippen LogP contribution in [0.25, 0.3) is 0 Å². The van der Waals surface area contributed by atoms with Crippen molar-refractivity contribution in [2.24, 2.45) is 0 Å². The van der Waals surface area contributed by atoms with E-state index in [1.54, 1.807) is 6.33 Å². The van der Waals surface area contributed by atoms with Crippen LogP contribution in [0.1, 0.15) is 43.5 Å². The molecule has 2 fully saturated rings. The standard InChI is InChI=1S/C15H19N5O4S2/c1-26(23,24)13-8-12(20(21)22)15(25-13)18-6-4-10(5-7-18)14-17-16-9-19(14)11-2-3-11/h8-11H,2-7H2,1H3. The third kappa shape index (κ3) is 3.20. The number of rotatable bonds is 5. The van der Waals surface area contributed by atoms with Crippen LogP contribution < -0.4 is 4.90 Å². The van der Waals surface area contributed by atoms with Gasteiger partial charge in [0.05, 0.1) is 4.92 Å². The molecule has 0 atom stereocenters. The van der Waals surface area contributed by atoms with Crippen LogP contribution in [0.15, 0.2) is 16.6 Å². The molecule has 1 saturated carbocycles. The fourth-order valence-corrected chi connectivity index (χ4v) is 5.49. The van der Waals surface area contributed by atoms with Crippen LogP contribution in [0.2, 0.25) is 0 Å². The quantitative estimate of drug-likeness (QED) is 0.562. The van der Waals surface area contributed by atoms with Crippen molar-refractivity contribution in [1.29, 1.82) is 0 Å². The number of sulfone groups is 1. The lowest BCUT2D eigenvalue weighted by molar-refractivity contribution is -0.383. The predicted octanol–water partition coefficient (Wildman–Crippen LogP) is 2.37. The lowest BCUT2D eigenvalue weighted by Crippen LogP contribution is -2.33. The SMILES string of the molecule is CS(=O)(=O)c1cc([N+](=O)[O-])c(N2CCC(c3nncn3C3CC3)CC2)s1. The maximum Gasteiger partial charge on any atom is 0.305 e. The molecule has 140 valence electrons. The first-order valence-electron chi connectivity index (χ1n) is 8.47. The van der Waals surface area contributed by atoms with Gasteiger partial charge in [-0.2, -0.15) is 0 Å². The van der Waals surface area contributed by atoms with Gasteiger partial charge in [0.15, 0.2) is 14.8 Å². The number of anilines is 1. The second kappa shape index (κ2) is 6.31. The highest BCUT2D eigenvalue weighted by molar-refractivity contribution is 7.92. The third-order valence-corrected chi connectivity index (χ3v) is 7.91. The minimum Gasteiger partial charge on any atom is -0.358 e. The van der Waals surface area contributed by atoms with Gasteiger partial charge in [0, 0.05) is 37.4 Å². The Kier molecular flexibility index (Phi) is 4.22. The molecule has 0 radical (unpaired) electrons. The molecule has 0 N–H and O–H groups in total. The highest BCUT2D eigenvalue weighted by atomic mass is 32.2. The highest BCUT2D eigenvalue weighted by Gasteiger charge is 2.33. The first kappa shape index (κ1) is 17.4. The Morgan fingerprint density at radius 3 is 2.54 bits per heavy atom. The van der Waals surface area contributed by atoms with E-state index < -0.39 is 14.8 Å². The summed E-state index contributed by atoms with van der Waals surface area (Å²) in [5.74, 6) is 1.28. The van der Waals surface area contributed by atoms with Crippen molar-refractivity contribution in [2.45, 2.75) is 41.9 Å². The Morgan fingerprint density at radius 2 is 1.96 bits per heavy atom. The molecule has 4 rings (SSSR count). The molecule has 1 aliphatic heterocycles. The molecular weight excluding hydrogens is 378 g/mol. The second-order valence-corrected chi connectivity index (χ2v) is 10.1. The average Bonchev–Trinajstić information content (AvgIpc) is 3.13. The molecule has 1 aliphatic carbocycles. The van der Waals surface area contributed by atoms with Crippen molar-refractivity contribution < 1.29 is 13.3 Å². The Bertz CT molecular complexity index is 939. The Hall–Kier alpha value is -2.01. The lowest BCUT2D eigenvalue weighted by Gasteiger charge is -2.31. The minimum atomic E-state index is -3.47. The number of hydrogen-bond acceptors (Lipinski definition) is 8. The fourth-order valence-electron chi connectivity index (χ4n) is 3.41. The largest absolute Gasteiger partial charge is 0.358 e. The Labute approximate surface area is 154 Å². The summed E-state index contributed by atoms with van der Waals surface area (Å²) in [6.45, 7) is 1.26. The van der Waals surface area contributed by atoms with E-state index in [9.17, 15) is 18.5 Å². The molecule has 2 aliphatic rings. The summed E-state index contributed by atoms with van der Waals surface area (Å²) < 4.78 is 25.7. The van der Waals surface area contributed by atoms with Crippen molar-refractivity contribution in [2.75, 3.05) is 24.2 Å². The molecule has 0 spiro atoms. The molecule has 0 unspecified atom stereocenters. The Morgan fingerprint density at radius 1 is 1.27 bits per heavy atom. The predicted molar refractivity (Wildman–Crippen MR) is 96.6 cm³/mol. The van der Waals surface area contributed by atoms with Gasteiger partial charge in [0.1, 0.15) is 16.4 Å². The van der Waals surface area contributed by atoms with Crippen LogP contribution in [0.5, 0.6) is 0 Å². The highest BCUT2D eigenvalue weighted by Crippen LogP contribution is 2.43. The van der Waals surface area contributed by atoms with Gasteiger partial charge in [-0.05, 0) is 25.7 Å². The van der Waals surface area contributed by atoms with Gasteiger partial charge in [0.25, 0.3) is 0 Å². The molecule has 26 heavy (non-hydrogen) atoms. The maximum absolute atomic E-state index is 11.8. The van der Waals surface area contributed by atoms with Crippen LogP contribution in [0.3, 0.4) is 0 Å². The number of piperidine rings is 1. The van der Waals surface area contributed by atoms with Crippen molar-refractivity contribution in [3.8, 4) is 0 Å². The van der Waals surface area contributed by atoms with E-state index >= 15 is 0 Å². The van der Waals surface area contributed by atoms with Crippen LogP contribution in [0, 0.1) is 10.1 Å². The summed E-state index contributed by atoms with van der Waals surface area (Å²) in [4.78, 5) is 12.8. The van der Waals surface area contributed by atoms with E-state index in [2.05, 4.69) is 14.8 Å². The monoisotopic (exact) mass is 397 g/mol. The normalized spacial score (nSPS) is 19.0. The van der Waals surface area contributed by atoms with Crippen molar-refractivity contribution in [3.05, 3.63) is 28.3 Å². The Balaban J connectivity index is 1.53. The van der Waals surface area contributed by atoms with Gasteiger partial charge >= 0.3 is 5.69 Å². The number of thiophene rings is 1. The van der Waals surface area contributed by atoms with Gasteiger partial charge in [-0.1, -0.05) is 11.3 Å². The van der Waals surface area contributed by atoms with Crippen molar-refractivity contribution in [1.82, 2.24) is 14.8 Å². The molecule has 3 heterocycles. The third-order valence-electron chi connectivity index (χ3n) is 4.92. The summed E-state index contributed by atoms with van der Waals surface area (Å²) in [7, 11) is -3.47. The zero-order valence-corrected chi connectivity index (χ0v) is 15.9. The summed E-state index contributed by atoms with van der Waals surface area (Å²) >= 11 is 0.981. The van der Waals surface area contributed by atoms with E-state index in [0.29, 0.717) is 24.1 Å². The van der Waals surface area contributed by atoms with Crippen LogP contribution >= 0.6 is 11.3 Å². The van der Waals surface area contributed by atoms with Crippen LogP contribution in [0.4, 0.5) is 10.7 Å². The van der Waals surface area contributed by atoms with E-state index in [4.69, 9.17) is 0 Å². The van der Waals surface area contributed by atoms with Crippen molar-refractivity contribution in [3.63, 3.8) is 0 Å². The van der Waals surface area contributed by atoms with Crippen molar-refractivity contribution >= 4 is 31.9 Å². The number of nitro groups is 1. The van der Waals surface area contributed by atoms with Crippen LogP contribution in [-0.2, 0) is 9.84 Å². The molecule has 0 bridgehead atoms. The molecule has 11 heteroatoms. The summed E-state index contributed by atoms with van der Waals surface area (Å²) in [6.07, 6.45) is 6.83. The van der Waals surface area contributed by atoms with E-state index in [-0.39, 0.29) is 15.8 Å². The van der Waals surface area contributed by atoms with Gasteiger partial charge in [-0.15, -0.1) is 10.2 Å². The van der Waals surface area contributed by atoms with E-state index in [1.807, 2.05) is 4.90 Å². The first-order chi connectivity index (χ1) is 12.3. The molecule has 0 amide bonds. The molecule has 0 aromatic carbocycles. The summed E-state index contributed by atoms with van der Waals surface area (Å²) in [6, 6.07) is 1.69. The fraction of sp³-hybridized carbons (Fsp3) is 0.600. The van der Waals surface area contributed by atoms with E-state index in [0.717, 1.165) is 36.3 Å². The molecule has 2 aromatic rings. The van der Waals surface area contributed by atoms with E-state index in [1.165, 1.54) is 18.9 Å². The first-order valence-corrected chi connectivity index (χ1v) is 11.2. The zero-order valence-electron chi connectivity index (χ0n) is 14.2.